The molecule has 0 atom stereocenters. The second-order valence-electron chi connectivity index (χ2n) is 6.65. The van der Waals surface area contributed by atoms with Crippen LogP contribution in [0.15, 0.2) is 97.7 Å². The number of carboxylic acid groups (broad SMARTS) is 3. The highest BCUT2D eigenvalue weighted by Gasteiger charge is 2.08. The average Bonchev–Trinajstić information content (AvgIpc) is 2.90. The molecule has 0 unspecified atom stereocenters. The molecule has 2 aromatic carbocycles. The van der Waals surface area contributed by atoms with Crippen molar-refractivity contribution in [1.82, 2.24) is 0 Å². The third-order valence-corrected chi connectivity index (χ3v) is 6.23. The molecule has 3 N–H and O–H groups in total. The largest absolute Gasteiger partial charge is 0.501 e. The molecule has 38 heavy (non-hydrogen) atoms. The van der Waals surface area contributed by atoms with Gasteiger partial charge >= 0.3 is 17.9 Å². The molecule has 0 spiro atoms. The van der Waals surface area contributed by atoms with Gasteiger partial charge in [-0.3, -0.25) is 0 Å². The smallest absolute Gasteiger partial charge is 0.331 e. The highest BCUT2D eigenvalue weighted by Crippen LogP contribution is 1.91. The second-order valence-corrected chi connectivity index (χ2v) is 9.05. The van der Waals surface area contributed by atoms with Gasteiger partial charge in [-0.15, -0.1) is 0 Å². The number of hydrogen-bond acceptors (Lipinski definition) is 6. The molecule has 0 saturated heterocycles. The third kappa shape index (κ3) is 24.8. The number of ether oxygens (including phenoxy) is 3. The van der Waals surface area contributed by atoms with Crippen molar-refractivity contribution in [3.8, 4) is 0 Å². The Labute approximate surface area is 225 Å². The first-order chi connectivity index (χ1) is 18.2. The second kappa shape index (κ2) is 25.8. The summed E-state index contributed by atoms with van der Waals surface area (Å²) < 4.78 is 13.7. The van der Waals surface area contributed by atoms with Gasteiger partial charge in [-0.25, -0.2) is 14.4 Å². The monoisotopic (exact) mass is 545 g/mol. The molecular weight excluding hydrogens is 508 g/mol. The fourth-order valence-electron chi connectivity index (χ4n) is 2.15. The number of aliphatic carboxylic acids is 3. The first-order valence-corrected chi connectivity index (χ1v) is 13.7. The van der Waals surface area contributed by atoms with Gasteiger partial charge in [0.05, 0.1) is 56.8 Å². The zero-order chi connectivity index (χ0) is 29.0. The summed E-state index contributed by atoms with van der Waals surface area (Å²) in [6, 6.07) is 21.5. The molecule has 10 heteroatoms. The Morgan fingerprint density at radius 1 is 0.605 bits per heavy atom. The van der Waals surface area contributed by atoms with Crippen LogP contribution < -0.4 is 10.4 Å². The Balaban J connectivity index is 0. The molecule has 0 heterocycles. The van der Waals surface area contributed by atoms with Crippen LogP contribution in [-0.4, -0.2) is 61.8 Å². The van der Waals surface area contributed by atoms with Gasteiger partial charge in [-0.1, -0.05) is 77.6 Å². The Morgan fingerprint density at radius 3 is 1.08 bits per heavy atom. The predicted octanol–water partition coefficient (Wildman–Crippen LogP) is 3.79. The summed E-state index contributed by atoms with van der Waals surface area (Å²) in [6.45, 7) is 9.21. The van der Waals surface area contributed by atoms with E-state index < -0.39 is 26.7 Å². The summed E-state index contributed by atoms with van der Waals surface area (Å²) in [5, 5.41) is 26.9. The molecule has 0 bridgehead atoms. The van der Waals surface area contributed by atoms with Gasteiger partial charge in [-0.05, 0) is 20.8 Å². The van der Waals surface area contributed by atoms with E-state index in [1.807, 2.05) is 0 Å². The van der Waals surface area contributed by atoms with Crippen molar-refractivity contribution < 1.29 is 43.9 Å². The van der Waals surface area contributed by atoms with Crippen LogP contribution >= 0.6 is 0 Å². The molecule has 207 valence electrons. The third-order valence-electron chi connectivity index (χ3n) is 3.83. The minimum absolute atomic E-state index is 0.504. The lowest BCUT2D eigenvalue weighted by molar-refractivity contribution is -0.132. The van der Waals surface area contributed by atoms with Crippen LogP contribution in [0.25, 0.3) is 0 Å². The maximum atomic E-state index is 9.71. The molecule has 0 aliphatic heterocycles. The molecule has 9 nitrogen and oxygen atoms in total. The molecule has 0 aromatic heterocycles. The van der Waals surface area contributed by atoms with Gasteiger partial charge in [0.25, 0.3) is 0 Å². The van der Waals surface area contributed by atoms with Crippen LogP contribution in [0, 0.1) is 0 Å². The Hall–Kier alpha value is -4.31. The number of benzene rings is 2. The zero-order valence-corrected chi connectivity index (χ0v) is 23.2. The van der Waals surface area contributed by atoms with E-state index in [1.54, 1.807) is 20.8 Å². The zero-order valence-electron chi connectivity index (χ0n) is 22.2. The van der Waals surface area contributed by atoms with Crippen LogP contribution in [0.2, 0.25) is 6.55 Å². The van der Waals surface area contributed by atoms with Crippen molar-refractivity contribution in [2.45, 2.75) is 27.3 Å². The standard InChI is InChI=1S/C13H13Si.3C5H8O3/c1-14(12-8-4-2-5-9-12)13-10-6-3-7-11-13;3*1-2-8-4-3-5(6)7/h2-11H,1H3;3*3-4H,2H2,1H3,(H,6,7). The Kier molecular flexibility index (Phi) is 24.3. The summed E-state index contributed by atoms with van der Waals surface area (Å²) in [6.07, 6.45) is 6.31. The maximum Gasteiger partial charge on any atom is 0.331 e. The normalized spacial score (nSPS) is 9.92. The molecule has 0 aliphatic carbocycles. The molecule has 1 radical (unpaired) electrons. The molecular formula is C28H37O9Si. The van der Waals surface area contributed by atoms with Gasteiger partial charge in [0.2, 0.25) is 0 Å². The number of rotatable bonds is 11. The van der Waals surface area contributed by atoms with Crippen LogP contribution in [0.1, 0.15) is 20.8 Å². The van der Waals surface area contributed by atoms with E-state index >= 15 is 0 Å². The van der Waals surface area contributed by atoms with Crippen LogP contribution in [0.5, 0.6) is 0 Å². The molecule has 2 rings (SSSR count). The predicted molar refractivity (Wildman–Crippen MR) is 149 cm³/mol. The van der Waals surface area contributed by atoms with E-state index in [0.29, 0.717) is 19.8 Å². The number of hydrogen-bond donors (Lipinski definition) is 3. The highest BCUT2D eigenvalue weighted by atomic mass is 28.3. The lowest BCUT2D eigenvalue weighted by Gasteiger charge is -2.09. The summed E-state index contributed by atoms with van der Waals surface area (Å²) >= 11 is 0. The summed E-state index contributed by atoms with van der Waals surface area (Å²) in [7, 11) is -0.545. The number of carbonyl (C=O) groups is 3. The van der Waals surface area contributed by atoms with Crippen molar-refractivity contribution in [3.63, 3.8) is 0 Å². The van der Waals surface area contributed by atoms with Crippen molar-refractivity contribution in [2.75, 3.05) is 19.8 Å². The summed E-state index contributed by atoms with van der Waals surface area (Å²) in [5.41, 5.74) is 0. The van der Waals surface area contributed by atoms with E-state index in [4.69, 9.17) is 15.3 Å². The van der Waals surface area contributed by atoms with E-state index in [1.165, 1.54) is 10.4 Å². The summed E-state index contributed by atoms with van der Waals surface area (Å²) in [5.74, 6) is -2.96. The van der Waals surface area contributed by atoms with Gasteiger partial charge in [0.1, 0.15) is 8.80 Å². The van der Waals surface area contributed by atoms with Crippen molar-refractivity contribution in [1.29, 1.82) is 0 Å². The number of carboxylic acids is 3. The van der Waals surface area contributed by atoms with Crippen molar-refractivity contribution >= 4 is 37.1 Å². The minimum Gasteiger partial charge on any atom is -0.501 e. The van der Waals surface area contributed by atoms with Crippen LogP contribution in [-0.2, 0) is 28.6 Å². The van der Waals surface area contributed by atoms with Gasteiger partial charge in [-0.2, -0.15) is 0 Å². The Morgan fingerprint density at radius 2 is 0.868 bits per heavy atom. The van der Waals surface area contributed by atoms with Crippen LogP contribution in [0.3, 0.4) is 0 Å². The molecule has 0 aliphatic rings. The minimum atomic E-state index is -0.988. The van der Waals surface area contributed by atoms with Gasteiger partial charge < -0.3 is 29.5 Å². The van der Waals surface area contributed by atoms with Crippen molar-refractivity contribution in [3.05, 3.63) is 97.7 Å². The fraction of sp³-hybridized carbons (Fsp3) is 0.250. The summed E-state index contributed by atoms with van der Waals surface area (Å²) in [4.78, 5) is 29.1. The fourth-order valence-corrected chi connectivity index (χ4v) is 3.87. The van der Waals surface area contributed by atoms with E-state index in [9.17, 15) is 14.4 Å². The first kappa shape index (κ1) is 35.8. The quantitative estimate of drug-likeness (QED) is 0.219. The lowest BCUT2D eigenvalue weighted by Crippen LogP contribution is -2.38. The first-order valence-electron chi connectivity index (χ1n) is 11.7. The van der Waals surface area contributed by atoms with Gasteiger partial charge in [0, 0.05) is 0 Å². The SMILES string of the molecule is CCOC=CC(=O)O.CCOC=CC(=O)O.CCOC=CC(=O)O.C[Si](c1ccccc1)c1ccccc1. The molecule has 0 fully saturated rings. The van der Waals surface area contributed by atoms with E-state index in [0.717, 1.165) is 37.0 Å². The highest BCUT2D eigenvalue weighted by molar-refractivity contribution is 6.84. The Bertz CT molecular complexity index is 857. The topological polar surface area (TPSA) is 140 Å². The maximum absolute atomic E-state index is 9.71. The van der Waals surface area contributed by atoms with E-state index in [-0.39, 0.29) is 0 Å². The molecule has 0 amide bonds. The lowest BCUT2D eigenvalue weighted by atomic mass is 10.4. The molecule has 2 aromatic rings. The molecule has 0 saturated carbocycles. The van der Waals surface area contributed by atoms with Gasteiger partial charge in [0.15, 0.2) is 0 Å². The van der Waals surface area contributed by atoms with Crippen LogP contribution in [0.4, 0.5) is 0 Å². The van der Waals surface area contributed by atoms with Crippen molar-refractivity contribution in [2.24, 2.45) is 0 Å². The van der Waals surface area contributed by atoms with E-state index in [2.05, 4.69) is 81.4 Å². The average molecular weight is 546 g/mol.